The lowest BCUT2D eigenvalue weighted by molar-refractivity contribution is -0.318. The van der Waals surface area contributed by atoms with Crippen LogP contribution in [0.5, 0.6) is 0 Å². The van der Waals surface area contributed by atoms with Crippen molar-refractivity contribution in [2.24, 2.45) is 17.8 Å². The van der Waals surface area contributed by atoms with Crippen molar-refractivity contribution in [2.45, 2.75) is 217 Å². The molecule has 0 radical (unpaired) electrons. The third-order valence-corrected chi connectivity index (χ3v) is 16.5. The highest BCUT2D eigenvalue weighted by Crippen LogP contribution is 2.40. The number of aryl methyl sites for hydroxylation is 2. The molecule has 0 amide bonds. The van der Waals surface area contributed by atoms with Gasteiger partial charge in [-0.1, -0.05) is 56.3 Å². The van der Waals surface area contributed by atoms with Crippen LogP contribution in [0.4, 0.5) is 0 Å². The minimum atomic E-state index is -1.83. The van der Waals surface area contributed by atoms with Crippen molar-refractivity contribution in [3.05, 3.63) is 66.2 Å². The summed E-state index contributed by atoms with van der Waals surface area (Å²) in [5.41, 5.74) is -0.116. The maximum atomic E-state index is 14.5. The Hall–Kier alpha value is -3.50. The zero-order valence-electron chi connectivity index (χ0n) is 46.4. The second kappa shape index (κ2) is 25.8. The molecule has 18 nitrogen and oxygen atoms in total. The summed E-state index contributed by atoms with van der Waals surface area (Å²) in [6.45, 7) is 19.4. The van der Waals surface area contributed by atoms with Crippen molar-refractivity contribution in [2.75, 3.05) is 34.3 Å². The van der Waals surface area contributed by atoms with Gasteiger partial charge in [0.15, 0.2) is 12.6 Å². The normalized spacial score (nSPS) is 38.3. The maximum absolute atomic E-state index is 14.5. The number of rotatable bonds is 16. The Kier molecular flexibility index (Phi) is 20.8. The monoisotopic (exact) mass is 1040 g/mol. The standard InChI is InChI=1S/C56H90N6O12/c1-14-45-56(10,68)49(64)38(6)61(12)32-34(2)29-54(8,67)51(36(4)48(37(5)52(66)72-45)73-46-30-55(9,69-13)50(65)39(7)71-46)74-53-47(63)44(28-35(3)70-53)60(11)27-24-43-33-62(59-58-43)26-16-15-18-40-20-22-41(23-21-40)42-19-17-25-57-31-42/h17,19-23,25,31,33-39,44-51,53,63-65,67-68H,14-16,18,24,26-30,32H2,1-13H3/t34-,35-,36+,37-,38-,39+,44+,45-,46+,47-,48+,49-,50+,51-,53+,54-,55-,56-/m1/s1. The molecule has 3 aromatic rings. The maximum Gasteiger partial charge on any atom is 0.311 e. The molecule has 3 aliphatic rings. The first kappa shape index (κ1) is 59.7. The van der Waals surface area contributed by atoms with Crippen LogP contribution in [-0.4, -0.2) is 186 Å². The number of aliphatic hydroxyl groups excluding tert-OH is 3. The van der Waals surface area contributed by atoms with E-state index in [0.717, 1.165) is 42.6 Å². The fourth-order valence-electron chi connectivity index (χ4n) is 11.7. The first-order chi connectivity index (χ1) is 34.9. The third-order valence-electron chi connectivity index (χ3n) is 16.5. The van der Waals surface area contributed by atoms with Gasteiger partial charge in [0.2, 0.25) is 0 Å². The first-order valence-corrected chi connectivity index (χ1v) is 27.0. The van der Waals surface area contributed by atoms with Crippen LogP contribution >= 0.6 is 0 Å². The van der Waals surface area contributed by atoms with Gasteiger partial charge >= 0.3 is 5.97 Å². The van der Waals surface area contributed by atoms with Gasteiger partial charge in [-0.2, -0.15) is 0 Å². The molecule has 0 saturated carbocycles. The lowest BCUT2D eigenvalue weighted by atomic mass is 9.77. The fraction of sp³-hybridized carbons (Fsp3) is 0.750. The summed E-state index contributed by atoms with van der Waals surface area (Å²) in [5, 5.41) is 68.7. The van der Waals surface area contributed by atoms with E-state index in [-0.39, 0.29) is 31.3 Å². The van der Waals surface area contributed by atoms with Crippen LogP contribution in [-0.2, 0) is 52.6 Å². The minimum absolute atomic E-state index is 0.109. The number of nitrogens with zero attached hydrogens (tertiary/aromatic N) is 6. The molecule has 74 heavy (non-hydrogen) atoms. The molecular formula is C56H90N6O12. The van der Waals surface area contributed by atoms with E-state index in [1.54, 1.807) is 40.8 Å². The molecule has 0 bridgehead atoms. The largest absolute Gasteiger partial charge is 0.459 e. The molecule has 5 heterocycles. The van der Waals surface area contributed by atoms with Crippen molar-refractivity contribution in [3.8, 4) is 11.1 Å². The smallest absolute Gasteiger partial charge is 0.311 e. The summed E-state index contributed by atoms with van der Waals surface area (Å²) < 4.78 is 40.3. The van der Waals surface area contributed by atoms with Gasteiger partial charge in [-0.3, -0.25) is 14.5 Å². The van der Waals surface area contributed by atoms with Gasteiger partial charge in [0.05, 0.1) is 47.2 Å². The molecule has 18 heteroatoms. The summed E-state index contributed by atoms with van der Waals surface area (Å²) in [6.07, 6.45) is 0.299. The van der Waals surface area contributed by atoms with Crippen LogP contribution in [0.3, 0.4) is 0 Å². The Balaban J connectivity index is 1.18. The number of hydrogen-bond acceptors (Lipinski definition) is 17. The van der Waals surface area contributed by atoms with E-state index >= 15 is 0 Å². The van der Waals surface area contributed by atoms with E-state index in [9.17, 15) is 30.3 Å². The summed E-state index contributed by atoms with van der Waals surface area (Å²) in [7, 11) is 5.32. The number of carbonyl (C=O) groups excluding carboxylic acids is 1. The summed E-state index contributed by atoms with van der Waals surface area (Å²) in [6, 6.07) is 11.7. The van der Waals surface area contributed by atoms with Crippen LogP contribution in [0.15, 0.2) is 55.0 Å². The van der Waals surface area contributed by atoms with Gasteiger partial charge in [-0.05, 0) is 130 Å². The van der Waals surface area contributed by atoms with E-state index in [0.29, 0.717) is 25.9 Å². The van der Waals surface area contributed by atoms with Crippen molar-refractivity contribution < 1.29 is 58.7 Å². The lowest BCUT2D eigenvalue weighted by Crippen LogP contribution is -2.61. The number of aliphatic hydroxyl groups is 5. The molecule has 3 fully saturated rings. The number of aromatic nitrogens is 4. The average Bonchev–Trinajstić information content (AvgIpc) is 3.83. The van der Waals surface area contributed by atoms with Crippen LogP contribution in [0.25, 0.3) is 11.1 Å². The second-order valence-corrected chi connectivity index (χ2v) is 22.8. The molecule has 1 aromatic carbocycles. The SMILES string of the molecule is CC[C@H]1OC(=O)[C@H](C)[C@@H](O[C@H]2C[C@@](C)(OC)[C@@H](O)[C@H](C)O2)[C@H](C)[C@@H](O[C@@H]2O[C@H](C)C[C@H](N(C)CCc3cn(CCCCc4ccc(-c5cccnc5)cc4)nn3)[C@H]2O)[C@](C)(O)C[C@@H](C)CN(C)[C@H](C)[C@@H](O)[C@]1(C)O. The Labute approximate surface area is 440 Å². The molecule has 0 spiro atoms. The summed E-state index contributed by atoms with van der Waals surface area (Å²) in [4.78, 5) is 22.8. The van der Waals surface area contributed by atoms with Gasteiger partial charge in [-0.15, -0.1) is 5.10 Å². The molecule has 416 valence electrons. The zero-order valence-corrected chi connectivity index (χ0v) is 46.4. The Morgan fingerprint density at radius 2 is 1.62 bits per heavy atom. The van der Waals surface area contributed by atoms with Crippen molar-refractivity contribution in [3.63, 3.8) is 0 Å². The number of likely N-dealkylation sites (N-methyl/N-ethyl adjacent to an activating group) is 2. The van der Waals surface area contributed by atoms with E-state index in [2.05, 4.69) is 50.5 Å². The summed E-state index contributed by atoms with van der Waals surface area (Å²) >= 11 is 0. The molecule has 0 unspecified atom stereocenters. The van der Waals surface area contributed by atoms with Gasteiger partial charge in [-0.25, -0.2) is 0 Å². The van der Waals surface area contributed by atoms with E-state index in [4.69, 9.17) is 28.4 Å². The number of pyridine rings is 1. The average molecular weight is 1040 g/mol. The lowest BCUT2D eigenvalue weighted by Gasteiger charge is -2.49. The van der Waals surface area contributed by atoms with Gasteiger partial charge in [0.1, 0.15) is 30.0 Å². The number of unbranched alkanes of at least 4 members (excludes halogenated alkanes) is 1. The predicted molar refractivity (Wildman–Crippen MR) is 279 cm³/mol. The van der Waals surface area contributed by atoms with Crippen molar-refractivity contribution in [1.82, 2.24) is 29.8 Å². The van der Waals surface area contributed by atoms with Crippen LogP contribution < -0.4 is 0 Å². The molecule has 6 rings (SSSR count). The molecule has 5 N–H and O–H groups in total. The van der Waals surface area contributed by atoms with E-state index in [1.165, 1.54) is 19.6 Å². The van der Waals surface area contributed by atoms with E-state index in [1.807, 2.05) is 69.8 Å². The van der Waals surface area contributed by atoms with Gasteiger partial charge in [0, 0.05) is 76.2 Å². The highest BCUT2D eigenvalue weighted by Gasteiger charge is 2.53. The number of carbonyl (C=O) groups is 1. The Morgan fingerprint density at radius 1 is 0.905 bits per heavy atom. The number of ether oxygens (including phenoxy) is 6. The third kappa shape index (κ3) is 14.5. The Bertz CT molecular complexity index is 2180. The first-order valence-electron chi connectivity index (χ1n) is 27.0. The fourth-order valence-corrected chi connectivity index (χ4v) is 11.7. The van der Waals surface area contributed by atoms with Crippen LogP contribution in [0.1, 0.15) is 119 Å². The van der Waals surface area contributed by atoms with E-state index < -0.39 is 102 Å². The molecule has 3 saturated heterocycles. The summed E-state index contributed by atoms with van der Waals surface area (Å²) in [5.74, 6) is -2.74. The van der Waals surface area contributed by atoms with Crippen LogP contribution in [0, 0.1) is 17.8 Å². The highest BCUT2D eigenvalue weighted by molar-refractivity contribution is 5.73. The molecular weight excluding hydrogens is 949 g/mol. The Morgan fingerprint density at radius 3 is 2.28 bits per heavy atom. The number of methoxy groups -OCH3 is 1. The molecule has 0 aliphatic carbocycles. The number of benzene rings is 1. The predicted octanol–water partition coefficient (Wildman–Crippen LogP) is 5.19. The van der Waals surface area contributed by atoms with Gasteiger partial charge in [0.25, 0.3) is 0 Å². The minimum Gasteiger partial charge on any atom is -0.459 e. The topological polar surface area (TPSA) is 224 Å². The number of cyclic esters (lactones) is 1. The van der Waals surface area contributed by atoms with Crippen molar-refractivity contribution in [1.29, 1.82) is 0 Å². The zero-order chi connectivity index (χ0) is 54.3. The molecule has 3 aliphatic heterocycles. The van der Waals surface area contributed by atoms with Crippen LogP contribution in [0.2, 0.25) is 0 Å². The van der Waals surface area contributed by atoms with Crippen molar-refractivity contribution >= 4 is 5.97 Å². The number of esters is 1. The molecule has 2 aromatic heterocycles. The highest BCUT2D eigenvalue weighted by atomic mass is 16.7. The van der Waals surface area contributed by atoms with Gasteiger partial charge < -0.3 is 63.8 Å². The molecule has 18 atom stereocenters. The number of hydrogen-bond donors (Lipinski definition) is 5. The quantitative estimate of drug-likeness (QED) is 0.0920. The second-order valence-electron chi connectivity index (χ2n) is 22.8.